The van der Waals surface area contributed by atoms with E-state index in [1.54, 1.807) is 13.0 Å². The molecule has 5 nitrogen and oxygen atoms in total. The lowest BCUT2D eigenvalue weighted by Crippen LogP contribution is -2.66. The van der Waals surface area contributed by atoms with Gasteiger partial charge in [0, 0.05) is 12.8 Å². The number of ether oxygens (including phenoxy) is 1. The summed E-state index contributed by atoms with van der Waals surface area (Å²) in [6.45, 7) is 24.3. The van der Waals surface area contributed by atoms with Crippen molar-refractivity contribution in [3.8, 4) is 11.8 Å². The monoisotopic (exact) mass is 626 g/mol. The van der Waals surface area contributed by atoms with Crippen LogP contribution in [0.5, 0.6) is 0 Å². The molecule has 3 rings (SSSR count). The Hall–Kier alpha value is -3.63. The van der Waals surface area contributed by atoms with Gasteiger partial charge in [0.05, 0.1) is 6.61 Å². The van der Waals surface area contributed by atoms with Gasteiger partial charge in [-0.25, -0.2) is 4.79 Å². The maximum atomic E-state index is 13.1. The normalized spacial score (nSPS) is 13.4. The fourth-order valence-electron chi connectivity index (χ4n) is 5.52. The average molecular weight is 627 g/mol. The van der Waals surface area contributed by atoms with Gasteiger partial charge in [0.2, 0.25) is 0 Å². The summed E-state index contributed by atoms with van der Waals surface area (Å²) < 4.78 is 18.6. The van der Waals surface area contributed by atoms with Gasteiger partial charge in [0.1, 0.15) is 28.8 Å². The van der Waals surface area contributed by atoms with E-state index in [0.29, 0.717) is 36.3 Å². The summed E-state index contributed by atoms with van der Waals surface area (Å²) in [4.78, 5) is 13.1. The molecule has 0 amide bonds. The van der Waals surface area contributed by atoms with Gasteiger partial charge in [-0.15, -0.1) is 5.92 Å². The van der Waals surface area contributed by atoms with E-state index in [0.717, 1.165) is 12.0 Å². The Kier molecular flexibility index (Phi) is 12.0. The van der Waals surface area contributed by atoms with Crippen molar-refractivity contribution >= 4 is 24.7 Å². The van der Waals surface area contributed by atoms with Crippen LogP contribution in [0.15, 0.2) is 95.5 Å². The molecule has 2 unspecified atom stereocenters. The Labute approximate surface area is 271 Å². The molecule has 0 saturated carbocycles. The maximum Gasteiger partial charge on any atom is 0.342 e. The number of furan rings is 1. The highest BCUT2D eigenvalue weighted by Gasteiger charge is 2.50. The zero-order valence-corrected chi connectivity index (χ0v) is 29.3. The number of carbonyl (C=O) groups excluding carboxylic acids is 1. The quantitative estimate of drug-likeness (QED) is 0.0957. The number of rotatable bonds is 12. The number of allylic oxidation sites excluding steroid dienone is 1. The summed E-state index contributed by atoms with van der Waals surface area (Å²) in [7, 11) is -2.65. The fourth-order valence-corrected chi connectivity index (χ4v) is 9.97. The standard InChI is InChI=1S/C39H50O5Si/c1-28(2)30(26-34-33(37(41)44-38(5,6)7)27-35(43-34)36(40)29(3)4)20-14-13-19-25-42-45(39(8,9)10,31-21-15-11-16-22-31)32-23-17-12-18-24-32/h11-12,15-18,21-24,27,30,36,40H,1,3,14,20,25-26H2,2,4-10H3. The molecule has 2 aromatic carbocycles. The lowest BCUT2D eigenvalue weighted by Gasteiger charge is -2.42. The Balaban J connectivity index is 1.79. The van der Waals surface area contributed by atoms with Gasteiger partial charge in [-0.1, -0.05) is 106 Å². The molecule has 2 atom stereocenters. The predicted molar refractivity (Wildman–Crippen MR) is 186 cm³/mol. The topological polar surface area (TPSA) is 68.9 Å². The molecule has 0 aliphatic heterocycles. The molecule has 240 valence electrons. The van der Waals surface area contributed by atoms with Crippen LogP contribution in [0, 0.1) is 17.8 Å². The first kappa shape index (κ1) is 35.8. The summed E-state index contributed by atoms with van der Waals surface area (Å²) in [5.41, 5.74) is 1.14. The highest BCUT2D eigenvalue weighted by atomic mass is 28.4. The van der Waals surface area contributed by atoms with Gasteiger partial charge in [-0.3, -0.25) is 0 Å². The van der Waals surface area contributed by atoms with Crippen LogP contribution in [0.3, 0.4) is 0 Å². The molecule has 0 aliphatic carbocycles. The van der Waals surface area contributed by atoms with Crippen LogP contribution in [0.1, 0.15) is 96.2 Å². The van der Waals surface area contributed by atoms with E-state index in [1.807, 2.05) is 39.8 Å². The van der Waals surface area contributed by atoms with Crippen molar-refractivity contribution < 1.29 is 23.5 Å². The Bertz CT molecular complexity index is 1470. The summed E-state index contributed by atoms with van der Waals surface area (Å²) in [6, 6.07) is 22.7. The molecular weight excluding hydrogens is 577 g/mol. The predicted octanol–water partition coefficient (Wildman–Crippen LogP) is 7.94. The first-order chi connectivity index (χ1) is 21.1. The van der Waals surface area contributed by atoms with Crippen LogP contribution in [-0.2, 0) is 15.6 Å². The van der Waals surface area contributed by atoms with Crippen LogP contribution in [0.25, 0.3) is 0 Å². The highest BCUT2D eigenvalue weighted by Crippen LogP contribution is 2.36. The van der Waals surface area contributed by atoms with Crippen molar-refractivity contribution in [2.75, 3.05) is 6.61 Å². The van der Waals surface area contributed by atoms with E-state index in [-0.39, 0.29) is 16.7 Å². The number of esters is 1. The van der Waals surface area contributed by atoms with Gasteiger partial charge in [-0.2, -0.15) is 0 Å². The van der Waals surface area contributed by atoms with Gasteiger partial charge >= 0.3 is 5.97 Å². The van der Waals surface area contributed by atoms with Crippen LogP contribution in [0.2, 0.25) is 5.04 Å². The number of carbonyl (C=O) groups is 1. The number of hydrogen-bond acceptors (Lipinski definition) is 5. The minimum atomic E-state index is -2.65. The van der Waals surface area contributed by atoms with Crippen molar-refractivity contribution in [3.63, 3.8) is 0 Å². The molecule has 1 aromatic heterocycles. The van der Waals surface area contributed by atoms with Crippen molar-refractivity contribution in [3.05, 3.63) is 108 Å². The zero-order valence-electron chi connectivity index (χ0n) is 28.3. The second-order valence-corrected chi connectivity index (χ2v) is 18.1. The van der Waals surface area contributed by atoms with Crippen molar-refractivity contribution in [2.45, 2.75) is 91.4 Å². The van der Waals surface area contributed by atoms with E-state index >= 15 is 0 Å². The molecule has 6 heteroatoms. The minimum absolute atomic E-state index is 0.0130. The van der Waals surface area contributed by atoms with Gasteiger partial charge in [0.25, 0.3) is 8.32 Å². The molecule has 1 N–H and O–H groups in total. The molecule has 45 heavy (non-hydrogen) atoms. The number of hydrogen-bond donors (Lipinski definition) is 1. The summed E-state index contributed by atoms with van der Waals surface area (Å²) >= 11 is 0. The van der Waals surface area contributed by atoms with Crippen molar-refractivity contribution in [1.82, 2.24) is 0 Å². The third-order valence-electron chi connectivity index (χ3n) is 7.83. The highest BCUT2D eigenvalue weighted by molar-refractivity contribution is 6.99. The van der Waals surface area contributed by atoms with E-state index in [1.165, 1.54) is 10.4 Å². The number of benzene rings is 2. The summed E-state index contributed by atoms with van der Waals surface area (Å²) in [6.07, 6.45) is 0.789. The molecule has 0 saturated heterocycles. The second kappa shape index (κ2) is 15.1. The van der Waals surface area contributed by atoms with E-state index in [4.69, 9.17) is 13.6 Å². The third-order valence-corrected chi connectivity index (χ3v) is 12.8. The number of aliphatic hydroxyl groups excluding tert-OH is 1. The smallest absolute Gasteiger partial charge is 0.342 e. The minimum Gasteiger partial charge on any atom is -0.462 e. The second-order valence-electron chi connectivity index (χ2n) is 13.8. The SMILES string of the molecule is C=C(C)C(CCC#CCO[Si](c1ccccc1)(c1ccccc1)C(C)(C)C)Cc1oc(C(O)C(=C)C)cc1C(=O)OC(C)(C)C. The molecule has 3 aromatic rings. The molecule has 0 bridgehead atoms. The largest absolute Gasteiger partial charge is 0.462 e. The zero-order chi connectivity index (χ0) is 33.4. The first-order valence-electron chi connectivity index (χ1n) is 15.6. The Morgan fingerprint density at radius 1 is 0.911 bits per heavy atom. The summed E-state index contributed by atoms with van der Waals surface area (Å²) in [5, 5.41) is 12.9. The maximum absolute atomic E-state index is 13.1. The average Bonchev–Trinajstić information content (AvgIpc) is 3.39. The molecule has 0 spiro atoms. The van der Waals surface area contributed by atoms with E-state index < -0.39 is 26.0 Å². The number of aliphatic hydroxyl groups is 1. The van der Waals surface area contributed by atoms with Crippen molar-refractivity contribution in [2.24, 2.45) is 5.92 Å². The molecular formula is C39H50O5Si. The van der Waals surface area contributed by atoms with E-state index in [9.17, 15) is 9.90 Å². The van der Waals surface area contributed by atoms with Crippen molar-refractivity contribution in [1.29, 1.82) is 0 Å². The van der Waals surface area contributed by atoms with Crippen LogP contribution >= 0.6 is 0 Å². The van der Waals surface area contributed by atoms with Crippen LogP contribution in [-0.4, -0.2) is 31.6 Å². The first-order valence-corrected chi connectivity index (χ1v) is 17.5. The molecule has 0 radical (unpaired) electrons. The van der Waals surface area contributed by atoms with Crippen LogP contribution in [0.4, 0.5) is 0 Å². The fraction of sp³-hybridized carbons (Fsp3) is 0.410. The van der Waals surface area contributed by atoms with Gasteiger partial charge in [0.15, 0.2) is 0 Å². The molecule has 1 heterocycles. The molecule has 0 fully saturated rings. The Morgan fingerprint density at radius 3 is 1.93 bits per heavy atom. The summed E-state index contributed by atoms with van der Waals surface area (Å²) in [5.74, 6) is 6.89. The Morgan fingerprint density at radius 2 is 1.47 bits per heavy atom. The van der Waals surface area contributed by atoms with E-state index in [2.05, 4.69) is 94.3 Å². The molecule has 0 aliphatic rings. The van der Waals surface area contributed by atoms with Crippen LogP contribution < -0.4 is 10.4 Å². The van der Waals surface area contributed by atoms with Gasteiger partial charge < -0.3 is 18.7 Å². The van der Waals surface area contributed by atoms with Gasteiger partial charge in [-0.05, 0) is 74.0 Å². The lowest BCUT2D eigenvalue weighted by molar-refractivity contribution is 0.00669. The third kappa shape index (κ3) is 9.20. The lowest BCUT2D eigenvalue weighted by atomic mass is 9.91.